The van der Waals surface area contributed by atoms with Crippen LogP contribution in [0.25, 0.3) is 17.4 Å². The molecule has 0 unspecified atom stereocenters. The van der Waals surface area contributed by atoms with Crippen molar-refractivity contribution in [1.29, 1.82) is 5.26 Å². The monoisotopic (exact) mass is 429 g/mol. The van der Waals surface area contributed by atoms with E-state index in [1.807, 2.05) is 16.7 Å². The number of halogens is 1. The number of fused-ring (bicyclic) bond motifs is 4. The quantitative estimate of drug-likeness (QED) is 0.469. The molecule has 0 aliphatic carbocycles. The van der Waals surface area contributed by atoms with Gasteiger partial charge in [0.15, 0.2) is 0 Å². The van der Waals surface area contributed by atoms with Gasteiger partial charge in [0.25, 0.3) is 11.5 Å². The fraction of sp³-hybridized carbons (Fsp3) is 0.240. The van der Waals surface area contributed by atoms with E-state index in [9.17, 15) is 19.2 Å². The number of amides is 1. The highest BCUT2D eigenvalue weighted by atomic mass is 19.1. The normalized spacial score (nSPS) is 19.9. The molecule has 2 aliphatic heterocycles. The lowest BCUT2D eigenvalue weighted by molar-refractivity contribution is -0.129. The van der Waals surface area contributed by atoms with Crippen LogP contribution in [0.3, 0.4) is 0 Å². The third-order valence-corrected chi connectivity index (χ3v) is 6.16. The minimum atomic E-state index is -0.339. The smallest absolute Gasteiger partial charge is 0.264 e. The summed E-state index contributed by atoms with van der Waals surface area (Å²) in [6, 6.07) is 16.6. The number of nitrogens with zero attached hydrogens (tertiary/aromatic N) is 3. The summed E-state index contributed by atoms with van der Waals surface area (Å²) in [4.78, 5) is 27.0. The number of hydrogen-bond acceptors (Lipinski definition) is 4. The predicted octanol–water partition coefficient (Wildman–Crippen LogP) is 3.80. The first kappa shape index (κ1) is 20.0. The molecule has 1 fully saturated rings. The number of benzene rings is 1. The molecule has 0 saturated carbocycles. The Kier molecular flexibility index (Phi) is 4.98. The van der Waals surface area contributed by atoms with Crippen LogP contribution in [0.5, 0.6) is 0 Å². The van der Waals surface area contributed by atoms with E-state index in [4.69, 9.17) is 4.42 Å². The molecule has 2 atom stereocenters. The van der Waals surface area contributed by atoms with Crippen LogP contribution in [-0.4, -0.2) is 28.5 Å². The van der Waals surface area contributed by atoms with Crippen LogP contribution in [0.15, 0.2) is 69.4 Å². The molecular weight excluding hydrogens is 409 g/mol. The van der Waals surface area contributed by atoms with E-state index in [0.717, 1.165) is 12.1 Å². The Bertz CT molecular complexity index is 1310. The van der Waals surface area contributed by atoms with Gasteiger partial charge >= 0.3 is 0 Å². The number of carbonyl (C=O) groups excluding carboxylic acids is 1. The number of furan rings is 1. The molecule has 5 rings (SSSR count). The van der Waals surface area contributed by atoms with Gasteiger partial charge in [0.1, 0.15) is 29.0 Å². The molecule has 2 aliphatic rings. The zero-order chi connectivity index (χ0) is 22.2. The van der Waals surface area contributed by atoms with Gasteiger partial charge in [-0.1, -0.05) is 6.07 Å². The number of likely N-dealkylation sites (tertiary alicyclic amines) is 1. The van der Waals surface area contributed by atoms with Crippen molar-refractivity contribution < 1.29 is 13.6 Å². The summed E-state index contributed by atoms with van der Waals surface area (Å²) in [6.07, 6.45) is 2.37. The fourth-order valence-corrected chi connectivity index (χ4v) is 4.72. The lowest BCUT2D eigenvalue weighted by atomic mass is 9.83. The van der Waals surface area contributed by atoms with Crippen molar-refractivity contribution in [2.75, 3.05) is 13.1 Å². The van der Waals surface area contributed by atoms with Crippen LogP contribution in [0.1, 0.15) is 23.8 Å². The summed E-state index contributed by atoms with van der Waals surface area (Å²) in [7, 11) is 0. The summed E-state index contributed by atoms with van der Waals surface area (Å²) in [5.41, 5.74) is 1.64. The SMILES string of the molecule is N#C/C(=C\c1ccc(-c2ccc(F)cc2)o1)C(=O)N1C[C@H]2C[C@@H](C1)c1cccc(=O)n1C2. The van der Waals surface area contributed by atoms with Gasteiger partial charge in [0.05, 0.1) is 0 Å². The van der Waals surface area contributed by atoms with E-state index in [-0.39, 0.29) is 34.7 Å². The summed E-state index contributed by atoms with van der Waals surface area (Å²) in [5, 5.41) is 9.65. The van der Waals surface area contributed by atoms with E-state index in [0.29, 0.717) is 36.7 Å². The molecule has 0 radical (unpaired) electrons. The maximum Gasteiger partial charge on any atom is 0.264 e. The predicted molar refractivity (Wildman–Crippen MR) is 116 cm³/mol. The van der Waals surface area contributed by atoms with Gasteiger partial charge in [-0.05, 0) is 54.8 Å². The van der Waals surface area contributed by atoms with Crippen LogP contribution in [0, 0.1) is 23.1 Å². The molecule has 0 N–H and O–H groups in total. The molecule has 1 aromatic carbocycles. The van der Waals surface area contributed by atoms with Gasteiger partial charge in [-0.25, -0.2) is 4.39 Å². The van der Waals surface area contributed by atoms with Crippen molar-refractivity contribution in [3.8, 4) is 17.4 Å². The Morgan fingerprint density at radius 1 is 1.09 bits per heavy atom. The third-order valence-electron chi connectivity index (χ3n) is 6.16. The van der Waals surface area contributed by atoms with Gasteiger partial charge in [0.2, 0.25) is 0 Å². The van der Waals surface area contributed by atoms with Gasteiger partial charge in [-0.15, -0.1) is 0 Å². The Hall–Kier alpha value is -3.92. The van der Waals surface area contributed by atoms with E-state index < -0.39 is 0 Å². The van der Waals surface area contributed by atoms with Gasteiger partial charge in [0, 0.05) is 49.0 Å². The van der Waals surface area contributed by atoms with Crippen molar-refractivity contribution in [1.82, 2.24) is 9.47 Å². The highest BCUT2D eigenvalue weighted by molar-refractivity contribution is 6.01. The van der Waals surface area contributed by atoms with Crippen LogP contribution in [0.4, 0.5) is 4.39 Å². The second-order valence-corrected chi connectivity index (χ2v) is 8.29. The summed E-state index contributed by atoms with van der Waals surface area (Å²) in [6.45, 7) is 1.56. The van der Waals surface area contributed by atoms with E-state index in [1.165, 1.54) is 18.2 Å². The molecule has 3 aromatic rings. The molecule has 1 amide bonds. The second kappa shape index (κ2) is 7.97. The number of carbonyl (C=O) groups is 1. The fourth-order valence-electron chi connectivity index (χ4n) is 4.72. The zero-order valence-corrected chi connectivity index (χ0v) is 17.2. The Morgan fingerprint density at radius 2 is 1.91 bits per heavy atom. The third kappa shape index (κ3) is 3.65. The summed E-state index contributed by atoms with van der Waals surface area (Å²) < 4.78 is 20.7. The number of rotatable bonds is 3. The zero-order valence-electron chi connectivity index (χ0n) is 17.2. The molecule has 160 valence electrons. The Labute approximate surface area is 183 Å². The van der Waals surface area contributed by atoms with Crippen molar-refractivity contribution in [2.45, 2.75) is 18.9 Å². The van der Waals surface area contributed by atoms with Crippen molar-refractivity contribution in [3.63, 3.8) is 0 Å². The number of nitriles is 1. The second-order valence-electron chi connectivity index (χ2n) is 8.29. The summed E-state index contributed by atoms with van der Waals surface area (Å²) >= 11 is 0. The molecule has 32 heavy (non-hydrogen) atoms. The largest absolute Gasteiger partial charge is 0.457 e. The Balaban J connectivity index is 1.37. The Morgan fingerprint density at radius 3 is 2.69 bits per heavy atom. The summed E-state index contributed by atoms with van der Waals surface area (Å²) in [5.74, 6) is 0.483. The van der Waals surface area contributed by atoms with Gasteiger partial charge in [-0.3, -0.25) is 9.59 Å². The first-order chi connectivity index (χ1) is 15.5. The molecule has 4 heterocycles. The molecule has 6 nitrogen and oxygen atoms in total. The highest BCUT2D eigenvalue weighted by Gasteiger charge is 2.37. The molecule has 2 bridgehead atoms. The number of hydrogen-bond donors (Lipinski definition) is 0. The molecule has 2 aromatic heterocycles. The van der Waals surface area contributed by atoms with Gasteiger partial charge in [-0.2, -0.15) is 5.26 Å². The molecular formula is C25H20FN3O3. The van der Waals surface area contributed by atoms with Crippen LogP contribution in [-0.2, 0) is 11.3 Å². The van der Waals surface area contributed by atoms with Crippen LogP contribution in [0.2, 0.25) is 0 Å². The average Bonchev–Trinajstić information content (AvgIpc) is 3.27. The van der Waals surface area contributed by atoms with Crippen LogP contribution >= 0.6 is 0 Å². The first-order valence-electron chi connectivity index (χ1n) is 10.5. The lowest BCUT2D eigenvalue weighted by Crippen LogP contribution is -2.49. The van der Waals surface area contributed by atoms with Crippen molar-refractivity contribution >= 4 is 12.0 Å². The van der Waals surface area contributed by atoms with E-state index in [2.05, 4.69) is 0 Å². The molecule has 7 heteroatoms. The van der Waals surface area contributed by atoms with Crippen LogP contribution < -0.4 is 5.56 Å². The minimum absolute atomic E-state index is 0.00423. The lowest BCUT2D eigenvalue weighted by Gasteiger charge is -2.42. The minimum Gasteiger partial charge on any atom is -0.457 e. The maximum atomic E-state index is 13.1. The van der Waals surface area contributed by atoms with E-state index in [1.54, 1.807) is 41.3 Å². The van der Waals surface area contributed by atoms with Crippen molar-refractivity contribution in [3.05, 3.63) is 87.8 Å². The van der Waals surface area contributed by atoms with Crippen molar-refractivity contribution in [2.24, 2.45) is 5.92 Å². The number of aromatic nitrogens is 1. The topological polar surface area (TPSA) is 79.2 Å². The number of pyridine rings is 1. The van der Waals surface area contributed by atoms with Gasteiger partial charge < -0.3 is 13.9 Å². The molecule has 0 spiro atoms. The highest BCUT2D eigenvalue weighted by Crippen LogP contribution is 2.35. The maximum absolute atomic E-state index is 13.1. The number of piperidine rings is 1. The average molecular weight is 429 g/mol. The van der Waals surface area contributed by atoms with E-state index >= 15 is 0 Å². The molecule has 1 saturated heterocycles. The first-order valence-corrected chi connectivity index (χ1v) is 10.5. The standard InChI is InChI=1S/C25H20FN3O3/c26-20-6-4-17(5-7-20)23-9-8-21(32-23)11-18(12-27)25(31)28-13-16-10-19(15-28)22-2-1-3-24(30)29(22)14-16/h1-9,11,16,19H,10,13-15H2/b18-11+/t16-,19+/m1/s1.